The van der Waals surface area contributed by atoms with Gasteiger partial charge in [0.15, 0.2) is 0 Å². The van der Waals surface area contributed by atoms with E-state index in [0.717, 1.165) is 11.1 Å². The second-order valence-electron chi connectivity index (χ2n) is 4.61. The third-order valence-electron chi connectivity index (χ3n) is 4.00. The van der Waals surface area contributed by atoms with Crippen LogP contribution in [0.2, 0.25) is 0 Å². The molecule has 1 saturated heterocycles. The van der Waals surface area contributed by atoms with E-state index >= 15 is 0 Å². The lowest BCUT2D eigenvalue weighted by Gasteiger charge is -2.29. The van der Waals surface area contributed by atoms with E-state index in [0.29, 0.717) is 17.8 Å². The molecule has 3 heteroatoms. The van der Waals surface area contributed by atoms with Crippen molar-refractivity contribution in [3.63, 3.8) is 0 Å². The monoisotopic (exact) mass is 187 g/mol. The third kappa shape index (κ3) is 0.567. The van der Waals surface area contributed by atoms with Gasteiger partial charge in [-0.3, -0.25) is 14.9 Å². The highest BCUT2D eigenvalue weighted by Crippen LogP contribution is 2.61. The Morgan fingerprint density at radius 1 is 1.36 bits per heavy atom. The van der Waals surface area contributed by atoms with E-state index in [9.17, 15) is 9.59 Å². The van der Waals surface area contributed by atoms with Gasteiger partial charge in [0.1, 0.15) is 0 Å². The fourth-order valence-corrected chi connectivity index (χ4v) is 3.33. The lowest BCUT2D eigenvalue weighted by atomic mass is 9.71. The molecule has 4 aliphatic carbocycles. The van der Waals surface area contributed by atoms with Gasteiger partial charge in [-0.1, -0.05) is 12.2 Å². The van der Waals surface area contributed by atoms with E-state index in [-0.39, 0.29) is 17.7 Å². The van der Waals surface area contributed by atoms with Crippen LogP contribution in [0.1, 0.15) is 6.42 Å². The highest BCUT2D eigenvalue weighted by molar-refractivity contribution is 6.16. The second kappa shape index (κ2) is 1.85. The lowest BCUT2D eigenvalue weighted by Crippen LogP contribution is -2.30. The number of imide groups is 1. The summed E-state index contributed by atoms with van der Waals surface area (Å²) in [6, 6.07) is 0. The van der Waals surface area contributed by atoms with Crippen molar-refractivity contribution in [3.8, 4) is 0 Å². The maximum atomic E-state index is 11.6. The normalized spacial score (nSPS) is 46.6. The predicted molar refractivity (Wildman–Crippen MR) is 47.9 cm³/mol. The van der Waals surface area contributed by atoms with Crippen LogP contribution >= 0.6 is 0 Å². The SMILES string of the molecule is O=C1NC(=O)C2C1=C1C=CC2C2CC12. The largest absolute Gasteiger partial charge is 0.292 e. The second-order valence-corrected chi connectivity index (χ2v) is 4.61. The molecule has 0 radical (unpaired) electrons. The van der Waals surface area contributed by atoms with Crippen molar-refractivity contribution in [3.05, 3.63) is 23.3 Å². The van der Waals surface area contributed by atoms with Crippen LogP contribution in [0, 0.1) is 23.7 Å². The fourth-order valence-electron chi connectivity index (χ4n) is 3.33. The van der Waals surface area contributed by atoms with Crippen LogP contribution in [0.3, 0.4) is 0 Å². The van der Waals surface area contributed by atoms with Crippen LogP contribution in [0.5, 0.6) is 0 Å². The zero-order valence-electron chi connectivity index (χ0n) is 7.49. The summed E-state index contributed by atoms with van der Waals surface area (Å²) >= 11 is 0. The molecule has 0 spiro atoms. The molecule has 2 amide bonds. The smallest absolute Gasteiger partial charge is 0.254 e. The first kappa shape index (κ1) is 6.98. The number of amides is 2. The molecule has 1 aliphatic heterocycles. The Morgan fingerprint density at radius 2 is 2.21 bits per heavy atom. The van der Waals surface area contributed by atoms with E-state index < -0.39 is 0 Å². The molecule has 5 rings (SSSR count). The van der Waals surface area contributed by atoms with Gasteiger partial charge in [-0.05, 0) is 29.7 Å². The number of carbonyl (C=O) groups is 2. The third-order valence-corrected chi connectivity index (χ3v) is 4.00. The maximum Gasteiger partial charge on any atom is 0.254 e. The highest BCUT2D eigenvalue weighted by Gasteiger charge is 2.59. The minimum Gasteiger partial charge on any atom is -0.292 e. The van der Waals surface area contributed by atoms with Crippen LogP contribution in [-0.4, -0.2) is 11.8 Å². The molecule has 0 aromatic heterocycles. The standard InChI is InChI=1S/C11H9NO2/c13-10-8-4-1-2-5(7-3-6(4)7)9(8)11(14)12-10/h1-2,4,6-8H,3H2,(H,12,13,14). The van der Waals surface area contributed by atoms with Crippen LogP contribution in [0.15, 0.2) is 23.3 Å². The van der Waals surface area contributed by atoms with Gasteiger partial charge in [-0.2, -0.15) is 0 Å². The average molecular weight is 187 g/mol. The van der Waals surface area contributed by atoms with Crippen LogP contribution in [0.25, 0.3) is 0 Å². The minimum absolute atomic E-state index is 0.0813. The summed E-state index contributed by atoms with van der Waals surface area (Å²) < 4.78 is 0. The van der Waals surface area contributed by atoms with E-state index in [4.69, 9.17) is 0 Å². The molecule has 0 aromatic carbocycles. The Hall–Kier alpha value is -1.38. The van der Waals surface area contributed by atoms with Gasteiger partial charge in [0.2, 0.25) is 5.91 Å². The summed E-state index contributed by atoms with van der Waals surface area (Å²) in [6.45, 7) is 0. The number of hydrogen-bond acceptors (Lipinski definition) is 2. The molecule has 2 fully saturated rings. The molecule has 4 unspecified atom stereocenters. The molecular weight excluding hydrogens is 178 g/mol. The van der Waals surface area contributed by atoms with Gasteiger partial charge < -0.3 is 0 Å². The van der Waals surface area contributed by atoms with Gasteiger partial charge in [0, 0.05) is 5.57 Å². The Labute approximate surface area is 80.9 Å². The summed E-state index contributed by atoms with van der Waals surface area (Å²) in [6.07, 6.45) is 5.35. The van der Waals surface area contributed by atoms with Crippen molar-refractivity contribution in [2.24, 2.45) is 23.7 Å². The summed E-state index contributed by atoms with van der Waals surface area (Å²) in [5.41, 5.74) is 1.92. The van der Waals surface area contributed by atoms with Gasteiger partial charge in [-0.25, -0.2) is 0 Å². The Bertz CT molecular complexity index is 446. The summed E-state index contributed by atoms with van der Waals surface area (Å²) in [5.74, 6) is 1.18. The quantitative estimate of drug-likeness (QED) is 0.558. The molecule has 2 bridgehead atoms. The van der Waals surface area contributed by atoms with Crippen LogP contribution in [0.4, 0.5) is 0 Å². The molecule has 4 atom stereocenters. The summed E-state index contributed by atoms with van der Waals surface area (Å²) in [5, 5.41) is 2.42. The molecule has 5 aliphatic rings. The summed E-state index contributed by atoms with van der Waals surface area (Å²) in [7, 11) is 0. The van der Waals surface area contributed by atoms with Crippen molar-refractivity contribution in [2.45, 2.75) is 6.42 Å². The van der Waals surface area contributed by atoms with E-state index in [1.54, 1.807) is 0 Å². The molecule has 0 aromatic rings. The number of carbonyl (C=O) groups excluding carboxylic acids is 2. The maximum absolute atomic E-state index is 11.6. The number of rotatable bonds is 0. The molecule has 1 saturated carbocycles. The van der Waals surface area contributed by atoms with E-state index in [2.05, 4.69) is 17.5 Å². The van der Waals surface area contributed by atoms with Crippen molar-refractivity contribution in [1.82, 2.24) is 5.32 Å². The Balaban J connectivity index is 2.01. The Kier molecular flexibility index (Phi) is 0.923. The summed E-state index contributed by atoms with van der Waals surface area (Å²) in [4.78, 5) is 23.1. The van der Waals surface area contributed by atoms with Crippen LogP contribution < -0.4 is 5.32 Å². The zero-order chi connectivity index (χ0) is 9.45. The van der Waals surface area contributed by atoms with E-state index in [1.165, 1.54) is 6.42 Å². The van der Waals surface area contributed by atoms with E-state index in [1.807, 2.05) is 0 Å². The lowest BCUT2D eigenvalue weighted by molar-refractivity contribution is -0.126. The van der Waals surface area contributed by atoms with Gasteiger partial charge in [0.25, 0.3) is 5.91 Å². The van der Waals surface area contributed by atoms with Crippen molar-refractivity contribution >= 4 is 11.8 Å². The highest BCUT2D eigenvalue weighted by atomic mass is 16.2. The van der Waals surface area contributed by atoms with Gasteiger partial charge in [0.05, 0.1) is 5.92 Å². The molecule has 3 nitrogen and oxygen atoms in total. The van der Waals surface area contributed by atoms with Gasteiger partial charge in [-0.15, -0.1) is 0 Å². The fraction of sp³-hybridized carbons (Fsp3) is 0.455. The zero-order valence-corrected chi connectivity index (χ0v) is 7.49. The predicted octanol–water partition coefficient (Wildman–Crippen LogP) is 0.391. The number of nitrogens with one attached hydrogen (secondary N) is 1. The molecule has 70 valence electrons. The number of allylic oxidation sites excluding steroid dienone is 3. The molecular formula is C11H9NO2. The average Bonchev–Trinajstić information content (AvgIpc) is 2.92. The molecule has 1 N–H and O–H groups in total. The first-order chi connectivity index (χ1) is 6.77. The topological polar surface area (TPSA) is 46.2 Å². The Morgan fingerprint density at radius 3 is 3.07 bits per heavy atom. The van der Waals surface area contributed by atoms with Crippen molar-refractivity contribution in [2.75, 3.05) is 0 Å². The first-order valence-corrected chi connectivity index (χ1v) is 5.05. The van der Waals surface area contributed by atoms with Crippen molar-refractivity contribution in [1.29, 1.82) is 0 Å². The van der Waals surface area contributed by atoms with Gasteiger partial charge >= 0.3 is 0 Å². The van der Waals surface area contributed by atoms with Crippen molar-refractivity contribution < 1.29 is 9.59 Å². The van der Waals surface area contributed by atoms with Crippen LogP contribution in [-0.2, 0) is 9.59 Å². The minimum atomic E-state index is -0.147. The molecule has 14 heavy (non-hydrogen) atoms. The number of hydrogen-bond donors (Lipinski definition) is 1. The molecule has 1 heterocycles. The first-order valence-electron chi connectivity index (χ1n) is 5.05.